The van der Waals surface area contributed by atoms with Crippen molar-refractivity contribution in [2.24, 2.45) is 5.92 Å². The number of halogens is 1. The summed E-state index contributed by atoms with van der Waals surface area (Å²) in [5.41, 5.74) is 1.48. The van der Waals surface area contributed by atoms with Gasteiger partial charge in [0.05, 0.1) is 23.8 Å². The Labute approximate surface area is 162 Å². The van der Waals surface area contributed by atoms with Gasteiger partial charge in [0.1, 0.15) is 5.82 Å². The fraction of sp³-hybridized carbons (Fsp3) is 0.286. The number of benzene rings is 2. The summed E-state index contributed by atoms with van der Waals surface area (Å²) >= 11 is 0. The molecule has 3 atom stereocenters. The Hall–Kier alpha value is -3.24. The molecule has 1 aliphatic rings. The van der Waals surface area contributed by atoms with Gasteiger partial charge in [-0.3, -0.25) is 9.59 Å². The van der Waals surface area contributed by atoms with Crippen LogP contribution in [0.1, 0.15) is 34.3 Å². The van der Waals surface area contributed by atoms with Crippen LogP contribution >= 0.6 is 0 Å². The van der Waals surface area contributed by atoms with Crippen molar-refractivity contribution in [1.29, 1.82) is 5.26 Å². The van der Waals surface area contributed by atoms with Crippen LogP contribution in [0.3, 0.4) is 0 Å². The van der Waals surface area contributed by atoms with Crippen molar-refractivity contribution in [3.05, 3.63) is 71.0 Å². The number of rotatable bonds is 5. The molecule has 0 saturated heterocycles. The summed E-state index contributed by atoms with van der Waals surface area (Å²) in [5, 5.41) is 24.7. The molecule has 0 aliphatic heterocycles. The third-order valence-corrected chi connectivity index (χ3v) is 4.85. The first-order chi connectivity index (χ1) is 13.5. The maximum absolute atomic E-state index is 12.9. The summed E-state index contributed by atoms with van der Waals surface area (Å²) in [6.45, 7) is 0.268. The number of aliphatic hydroxyl groups excluding tert-OH is 1. The van der Waals surface area contributed by atoms with Gasteiger partial charge in [0.25, 0.3) is 5.91 Å². The van der Waals surface area contributed by atoms with Gasteiger partial charge in [-0.25, -0.2) is 4.39 Å². The summed E-state index contributed by atoms with van der Waals surface area (Å²) in [6.07, 6.45) is -0.261. The number of hydrogen-bond acceptors (Lipinski definition) is 4. The van der Waals surface area contributed by atoms with Crippen molar-refractivity contribution in [2.75, 3.05) is 0 Å². The predicted octanol–water partition coefficient (Wildman–Crippen LogP) is 1.88. The number of carbonyl (C=O) groups is 2. The molecule has 0 radical (unpaired) electrons. The minimum Gasteiger partial charge on any atom is -0.391 e. The summed E-state index contributed by atoms with van der Waals surface area (Å²) in [7, 11) is 0. The lowest BCUT2D eigenvalue weighted by molar-refractivity contribution is -0.125. The Bertz CT molecular complexity index is 908. The molecule has 1 saturated carbocycles. The minimum atomic E-state index is -0.829. The van der Waals surface area contributed by atoms with Gasteiger partial charge in [-0.05, 0) is 48.7 Å². The van der Waals surface area contributed by atoms with Gasteiger partial charge < -0.3 is 15.7 Å². The Kier molecular flexibility index (Phi) is 6.02. The van der Waals surface area contributed by atoms with Crippen molar-refractivity contribution in [3.8, 4) is 6.07 Å². The first kappa shape index (κ1) is 19.5. The van der Waals surface area contributed by atoms with E-state index < -0.39 is 24.0 Å². The van der Waals surface area contributed by atoms with E-state index in [2.05, 4.69) is 10.6 Å². The second-order valence-electron chi connectivity index (χ2n) is 6.85. The zero-order chi connectivity index (χ0) is 20.1. The highest BCUT2D eigenvalue weighted by Crippen LogP contribution is 2.27. The van der Waals surface area contributed by atoms with Crippen LogP contribution in [0.15, 0.2) is 48.5 Å². The van der Waals surface area contributed by atoms with Crippen LogP contribution in [0.5, 0.6) is 0 Å². The van der Waals surface area contributed by atoms with Crippen LogP contribution in [0.4, 0.5) is 4.39 Å². The minimum absolute atomic E-state index is 0.216. The van der Waals surface area contributed by atoms with Crippen molar-refractivity contribution in [1.82, 2.24) is 10.6 Å². The Morgan fingerprint density at radius 2 is 1.93 bits per heavy atom. The van der Waals surface area contributed by atoms with Gasteiger partial charge in [-0.1, -0.05) is 18.2 Å². The van der Waals surface area contributed by atoms with E-state index in [1.165, 1.54) is 18.2 Å². The van der Waals surface area contributed by atoms with Gasteiger partial charge in [0.2, 0.25) is 5.91 Å². The number of amides is 2. The van der Waals surface area contributed by atoms with Crippen molar-refractivity contribution in [2.45, 2.75) is 31.5 Å². The summed E-state index contributed by atoms with van der Waals surface area (Å²) in [5.74, 6) is -1.38. The van der Waals surface area contributed by atoms with Crippen molar-refractivity contribution < 1.29 is 19.1 Å². The molecule has 0 bridgehead atoms. The smallest absolute Gasteiger partial charge is 0.251 e. The molecule has 3 N–H and O–H groups in total. The van der Waals surface area contributed by atoms with Gasteiger partial charge in [0.15, 0.2) is 0 Å². The molecule has 2 aromatic rings. The highest BCUT2D eigenvalue weighted by molar-refractivity contribution is 5.94. The van der Waals surface area contributed by atoms with E-state index >= 15 is 0 Å². The number of aliphatic hydroxyl groups is 1. The molecule has 6 nitrogen and oxygen atoms in total. The molecule has 2 amide bonds. The van der Waals surface area contributed by atoms with Gasteiger partial charge in [-0.15, -0.1) is 0 Å². The molecule has 1 aliphatic carbocycles. The average Bonchev–Trinajstić information content (AvgIpc) is 3.07. The summed E-state index contributed by atoms with van der Waals surface area (Å²) < 4.78 is 12.9. The largest absolute Gasteiger partial charge is 0.391 e. The molecule has 0 heterocycles. The van der Waals surface area contributed by atoms with E-state index in [4.69, 9.17) is 5.26 Å². The average molecular weight is 381 g/mol. The SMILES string of the molecule is N#Cc1cccc(C(=O)N[C@H]2C[C@H](C(=O)NCc3ccc(F)cc3)C[C@@H]2O)c1. The molecule has 2 aromatic carbocycles. The van der Waals surface area contributed by atoms with Crippen LogP contribution in [-0.2, 0) is 11.3 Å². The fourth-order valence-corrected chi connectivity index (χ4v) is 3.30. The van der Waals surface area contributed by atoms with Crippen LogP contribution in [0.2, 0.25) is 0 Å². The Balaban J connectivity index is 1.54. The topological polar surface area (TPSA) is 102 Å². The maximum Gasteiger partial charge on any atom is 0.251 e. The molecular weight excluding hydrogens is 361 g/mol. The number of nitrogens with zero attached hydrogens (tertiary/aromatic N) is 1. The second kappa shape index (κ2) is 8.63. The molecular formula is C21H20FN3O3. The monoisotopic (exact) mass is 381 g/mol. The highest BCUT2D eigenvalue weighted by atomic mass is 19.1. The zero-order valence-corrected chi connectivity index (χ0v) is 15.1. The lowest BCUT2D eigenvalue weighted by atomic mass is 10.1. The fourth-order valence-electron chi connectivity index (χ4n) is 3.30. The van der Waals surface area contributed by atoms with E-state index in [1.54, 1.807) is 30.3 Å². The van der Waals surface area contributed by atoms with Crippen LogP contribution in [0, 0.1) is 23.1 Å². The van der Waals surface area contributed by atoms with E-state index in [0.717, 1.165) is 5.56 Å². The Morgan fingerprint density at radius 1 is 1.18 bits per heavy atom. The van der Waals surface area contributed by atoms with Gasteiger partial charge in [0, 0.05) is 18.0 Å². The predicted molar refractivity (Wildman–Crippen MR) is 99.4 cm³/mol. The first-order valence-electron chi connectivity index (χ1n) is 8.97. The number of carbonyl (C=O) groups excluding carboxylic acids is 2. The number of nitrogens with one attached hydrogen (secondary N) is 2. The molecule has 0 unspecified atom stereocenters. The van der Waals surface area contributed by atoms with E-state index in [0.29, 0.717) is 17.5 Å². The summed E-state index contributed by atoms with van der Waals surface area (Å²) in [4.78, 5) is 24.7. The molecule has 1 fully saturated rings. The number of hydrogen-bond donors (Lipinski definition) is 3. The second-order valence-corrected chi connectivity index (χ2v) is 6.85. The van der Waals surface area contributed by atoms with Gasteiger partial charge >= 0.3 is 0 Å². The molecule has 7 heteroatoms. The summed E-state index contributed by atoms with van der Waals surface area (Å²) in [6, 6.07) is 13.6. The molecule has 144 valence electrons. The Morgan fingerprint density at radius 3 is 2.64 bits per heavy atom. The third-order valence-electron chi connectivity index (χ3n) is 4.85. The third kappa shape index (κ3) is 4.72. The molecule has 28 heavy (non-hydrogen) atoms. The zero-order valence-electron chi connectivity index (χ0n) is 15.1. The maximum atomic E-state index is 12.9. The molecule has 3 rings (SSSR count). The highest BCUT2D eigenvalue weighted by Gasteiger charge is 2.37. The number of nitriles is 1. The van der Waals surface area contributed by atoms with Crippen molar-refractivity contribution >= 4 is 11.8 Å². The quantitative estimate of drug-likeness (QED) is 0.736. The first-order valence-corrected chi connectivity index (χ1v) is 8.97. The standard InChI is InChI=1S/C21H20FN3O3/c22-17-6-4-13(5-7-17)12-24-20(27)16-9-18(19(26)10-16)25-21(28)15-3-1-2-14(8-15)11-23/h1-8,16,18-19,26H,9-10,12H2,(H,24,27)(H,25,28)/t16-,18-,19-/m0/s1. The molecule has 0 aromatic heterocycles. The lowest BCUT2D eigenvalue weighted by Crippen LogP contribution is -2.40. The van der Waals surface area contributed by atoms with E-state index in [-0.39, 0.29) is 24.7 Å². The van der Waals surface area contributed by atoms with Crippen LogP contribution < -0.4 is 10.6 Å². The van der Waals surface area contributed by atoms with Crippen LogP contribution in [0.25, 0.3) is 0 Å². The lowest BCUT2D eigenvalue weighted by Gasteiger charge is -2.16. The molecule has 0 spiro atoms. The van der Waals surface area contributed by atoms with Gasteiger partial charge in [-0.2, -0.15) is 5.26 Å². The normalized spacial score (nSPS) is 21.0. The van der Waals surface area contributed by atoms with E-state index in [1.807, 2.05) is 6.07 Å². The van der Waals surface area contributed by atoms with Crippen molar-refractivity contribution in [3.63, 3.8) is 0 Å². The van der Waals surface area contributed by atoms with E-state index in [9.17, 15) is 19.1 Å². The van der Waals surface area contributed by atoms with Crippen LogP contribution in [-0.4, -0.2) is 29.1 Å².